The second kappa shape index (κ2) is 8.98. The minimum absolute atomic E-state index is 0.139. The van der Waals surface area contributed by atoms with Crippen molar-refractivity contribution in [3.8, 4) is 16.3 Å². The number of amides is 1. The molecule has 4 aromatic rings. The maximum absolute atomic E-state index is 13.0. The van der Waals surface area contributed by atoms with Crippen LogP contribution in [0.15, 0.2) is 48.5 Å². The van der Waals surface area contributed by atoms with E-state index in [9.17, 15) is 4.79 Å². The fourth-order valence-corrected chi connectivity index (χ4v) is 5.38. The van der Waals surface area contributed by atoms with Crippen LogP contribution in [0, 0.1) is 13.8 Å². The molecule has 2 aromatic carbocycles. The summed E-state index contributed by atoms with van der Waals surface area (Å²) in [7, 11) is 0. The van der Waals surface area contributed by atoms with Crippen molar-refractivity contribution in [3.63, 3.8) is 0 Å². The number of nitrogens with zero attached hydrogens (tertiary/aromatic N) is 1. The number of nitrogens with one attached hydrogen (secondary N) is 1. The molecule has 4 nitrogen and oxygen atoms in total. The van der Waals surface area contributed by atoms with E-state index in [2.05, 4.69) is 32.2 Å². The summed E-state index contributed by atoms with van der Waals surface area (Å²) < 4.78 is 6.90. The van der Waals surface area contributed by atoms with Gasteiger partial charge in [0.15, 0.2) is 0 Å². The van der Waals surface area contributed by atoms with Gasteiger partial charge in [0, 0.05) is 16.0 Å². The topological polar surface area (TPSA) is 51.2 Å². The number of thiophene rings is 1. The van der Waals surface area contributed by atoms with E-state index in [0.717, 1.165) is 49.9 Å². The van der Waals surface area contributed by atoms with Gasteiger partial charge >= 0.3 is 0 Å². The lowest BCUT2D eigenvalue weighted by Crippen LogP contribution is -2.11. The average Bonchev–Trinajstić information content (AvgIpc) is 3.28. The highest BCUT2D eigenvalue weighted by molar-refractivity contribution is 7.22. The van der Waals surface area contributed by atoms with Gasteiger partial charge in [0.05, 0.1) is 16.8 Å². The number of carbonyl (C=O) groups is 1. The molecule has 0 aliphatic rings. The van der Waals surface area contributed by atoms with Gasteiger partial charge < -0.3 is 10.1 Å². The molecule has 0 aliphatic heterocycles. The van der Waals surface area contributed by atoms with Crippen molar-refractivity contribution in [2.75, 3.05) is 11.9 Å². The van der Waals surface area contributed by atoms with Crippen LogP contribution in [0.25, 0.3) is 20.8 Å². The lowest BCUT2D eigenvalue weighted by molar-refractivity contribution is 0.102. The van der Waals surface area contributed by atoms with E-state index in [-0.39, 0.29) is 5.91 Å². The number of benzene rings is 2. The number of carbonyl (C=O) groups excluding carboxylic acids is 1. The maximum Gasteiger partial charge on any atom is 0.256 e. The zero-order valence-electron chi connectivity index (χ0n) is 17.3. The average molecular weight is 437 g/mol. The van der Waals surface area contributed by atoms with Crippen molar-refractivity contribution in [3.05, 3.63) is 64.5 Å². The lowest BCUT2D eigenvalue weighted by Gasteiger charge is -2.09. The van der Waals surface area contributed by atoms with E-state index >= 15 is 0 Å². The number of aromatic nitrogens is 1. The van der Waals surface area contributed by atoms with Crippen molar-refractivity contribution in [1.29, 1.82) is 0 Å². The van der Waals surface area contributed by atoms with Gasteiger partial charge in [0.1, 0.15) is 15.8 Å². The van der Waals surface area contributed by atoms with Crippen molar-refractivity contribution in [2.45, 2.75) is 33.6 Å². The Hall–Kier alpha value is -2.70. The summed E-state index contributed by atoms with van der Waals surface area (Å²) in [5.74, 6) is 0.584. The first-order valence-corrected chi connectivity index (χ1v) is 11.7. The van der Waals surface area contributed by atoms with Gasteiger partial charge in [-0.05, 0) is 56.2 Å². The lowest BCUT2D eigenvalue weighted by atomic mass is 10.1. The first kappa shape index (κ1) is 20.6. The third-order valence-electron chi connectivity index (χ3n) is 4.98. The van der Waals surface area contributed by atoms with Crippen LogP contribution in [0.3, 0.4) is 0 Å². The fourth-order valence-electron chi connectivity index (χ4n) is 3.19. The van der Waals surface area contributed by atoms with Crippen LogP contribution in [0.2, 0.25) is 0 Å². The van der Waals surface area contributed by atoms with Gasteiger partial charge in [-0.15, -0.1) is 22.7 Å². The number of hydrogen-bond donors (Lipinski definition) is 1. The van der Waals surface area contributed by atoms with E-state index in [1.54, 1.807) is 28.7 Å². The summed E-state index contributed by atoms with van der Waals surface area (Å²) in [6.45, 7) is 6.95. The van der Waals surface area contributed by atoms with E-state index in [0.29, 0.717) is 12.2 Å². The number of hydrogen-bond acceptors (Lipinski definition) is 5. The molecule has 0 atom stereocenters. The molecular weight excluding hydrogens is 412 g/mol. The zero-order valence-corrected chi connectivity index (χ0v) is 19.0. The van der Waals surface area contributed by atoms with Crippen LogP contribution in [-0.4, -0.2) is 17.5 Å². The fraction of sp³-hybridized carbons (Fsp3) is 0.250. The number of anilines is 1. The normalized spacial score (nSPS) is 11.0. The molecule has 154 valence electrons. The number of para-hydroxylation sites is 1. The molecule has 0 bridgehead atoms. The number of unbranched alkanes of at least 4 members (excludes halogenated alkanes) is 1. The maximum atomic E-state index is 13.0. The Labute approximate surface area is 184 Å². The van der Waals surface area contributed by atoms with Gasteiger partial charge in [0.25, 0.3) is 5.91 Å². The smallest absolute Gasteiger partial charge is 0.256 e. The Bertz CT molecular complexity index is 1160. The Morgan fingerprint density at radius 1 is 1.10 bits per heavy atom. The molecule has 0 saturated heterocycles. The predicted molar refractivity (Wildman–Crippen MR) is 127 cm³/mol. The highest BCUT2D eigenvalue weighted by Gasteiger charge is 2.20. The number of ether oxygens (including phenoxy) is 1. The third-order valence-corrected chi connectivity index (χ3v) is 7.16. The number of rotatable bonds is 7. The predicted octanol–water partition coefficient (Wildman–Crippen LogP) is 7.07. The monoisotopic (exact) mass is 436 g/mol. The minimum atomic E-state index is -0.139. The van der Waals surface area contributed by atoms with Crippen LogP contribution in [0.5, 0.6) is 5.75 Å². The van der Waals surface area contributed by atoms with Crippen molar-refractivity contribution < 1.29 is 9.53 Å². The van der Waals surface area contributed by atoms with E-state index in [1.807, 2.05) is 36.4 Å². The minimum Gasteiger partial charge on any atom is -0.494 e. The van der Waals surface area contributed by atoms with Gasteiger partial charge in [-0.25, -0.2) is 4.98 Å². The molecule has 4 rings (SSSR count). The van der Waals surface area contributed by atoms with Crippen LogP contribution in [-0.2, 0) is 0 Å². The molecular formula is C24H24N2O2S2. The molecule has 0 unspecified atom stereocenters. The SMILES string of the molecule is CCCCOc1cccc(C(=O)Nc2sc(C)c(C)c2-c2nc3ccccc3s2)c1. The van der Waals surface area contributed by atoms with Gasteiger partial charge in [-0.2, -0.15) is 0 Å². The Morgan fingerprint density at radius 3 is 2.73 bits per heavy atom. The first-order chi connectivity index (χ1) is 14.6. The first-order valence-electron chi connectivity index (χ1n) is 10.1. The highest BCUT2D eigenvalue weighted by atomic mass is 32.1. The number of thiazole rings is 1. The number of fused-ring (bicyclic) bond motifs is 1. The highest BCUT2D eigenvalue weighted by Crippen LogP contribution is 2.43. The molecule has 0 spiro atoms. The standard InChI is InChI=1S/C24H24N2O2S2/c1-4-5-13-28-18-10-8-9-17(14-18)22(27)26-24-21(15(2)16(3)29-24)23-25-19-11-6-7-12-20(19)30-23/h6-12,14H,4-5,13H2,1-3H3,(H,26,27). The molecule has 2 heterocycles. The van der Waals surface area contributed by atoms with E-state index in [1.165, 1.54) is 4.88 Å². The second-order valence-corrected chi connectivity index (χ2v) is 9.41. The van der Waals surface area contributed by atoms with Crippen LogP contribution >= 0.6 is 22.7 Å². The second-order valence-electron chi connectivity index (χ2n) is 7.16. The number of aryl methyl sites for hydroxylation is 1. The summed E-state index contributed by atoms with van der Waals surface area (Å²) >= 11 is 3.25. The molecule has 6 heteroatoms. The Kier molecular flexibility index (Phi) is 6.16. The Balaban J connectivity index is 1.62. The molecule has 1 N–H and O–H groups in total. The van der Waals surface area contributed by atoms with Crippen molar-refractivity contribution in [1.82, 2.24) is 4.98 Å². The third kappa shape index (κ3) is 4.25. The van der Waals surface area contributed by atoms with Crippen LogP contribution in [0.1, 0.15) is 40.6 Å². The van der Waals surface area contributed by atoms with Crippen LogP contribution < -0.4 is 10.1 Å². The summed E-state index contributed by atoms with van der Waals surface area (Å²) in [5.41, 5.74) is 3.74. The molecule has 2 aromatic heterocycles. The quantitative estimate of drug-likeness (QED) is 0.315. The van der Waals surface area contributed by atoms with E-state index in [4.69, 9.17) is 9.72 Å². The van der Waals surface area contributed by atoms with Crippen LogP contribution in [0.4, 0.5) is 5.00 Å². The molecule has 1 amide bonds. The largest absolute Gasteiger partial charge is 0.494 e. The summed E-state index contributed by atoms with van der Waals surface area (Å²) in [6, 6.07) is 15.5. The Morgan fingerprint density at radius 2 is 1.93 bits per heavy atom. The van der Waals surface area contributed by atoms with E-state index < -0.39 is 0 Å². The molecule has 0 fully saturated rings. The van der Waals surface area contributed by atoms with Gasteiger partial charge in [-0.1, -0.05) is 31.5 Å². The summed E-state index contributed by atoms with van der Waals surface area (Å²) in [4.78, 5) is 19.0. The van der Waals surface area contributed by atoms with Gasteiger partial charge in [-0.3, -0.25) is 4.79 Å². The summed E-state index contributed by atoms with van der Waals surface area (Å²) in [6.07, 6.45) is 2.07. The van der Waals surface area contributed by atoms with Gasteiger partial charge in [0.2, 0.25) is 0 Å². The molecule has 0 aliphatic carbocycles. The van der Waals surface area contributed by atoms with Crippen molar-refractivity contribution >= 4 is 43.8 Å². The van der Waals surface area contributed by atoms with Crippen molar-refractivity contribution in [2.24, 2.45) is 0 Å². The molecule has 0 radical (unpaired) electrons. The molecule has 0 saturated carbocycles. The molecule has 30 heavy (non-hydrogen) atoms. The summed E-state index contributed by atoms with van der Waals surface area (Å²) in [5, 5.41) is 4.89. The zero-order chi connectivity index (χ0) is 21.1.